The topological polar surface area (TPSA) is 55.1 Å². The van der Waals surface area contributed by atoms with Crippen molar-refractivity contribution in [2.75, 3.05) is 0 Å². The van der Waals surface area contributed by atoms with Gasteiger partial charge in [0.1, 0.15) is 0 Å². The van der Waals surface area contributed by atoms with Gasteiger partial charge < -0.3 is 11.1 Å². The summed E-state index contributed by atoms with van der Waals surface area (Å²) in [6, 6.07) is 4.77. The first-order chi connectivity index (χ1) is 7.95. The van der Waals surface area contributed by atoms with Crippen molar-refractivity contribution in [2.45, 2.75) is 19.4 Å². The largest absolute Gasteiger partial charge is 0.392 e. The number of thiocarbonyl (C=S) groups is 1. The highest BCUT2D eigenvalue weighted by molar-refractivity contribution is 9.10. The molecule has 1 amide bonds. The van der Waals surface area contributed by atoms with E-state index < -0.39 is 0 Å². The first kappa shape index (κ1) is 14.4. The maximum atomic E-state index is 12.0. The standard InChI is InChI=1S/C11H12BrClN2OS/c1-2-9(10(14)17)15-11(16)7-5-6(12)3-4-8(7)13/h3-5,9H,2H2,1H3,(H2,14,17)(H,15,16). The van der Waals surface area contributed by atoms with E-state index in [1.54, 1.807) is 18.2 Å². The highest BCUT2D eigenvalue weighted by Gasteiger charge is 2.16. The lowest BCUT2D eigenvalue weighted by Crippen LogP contribution is -2.43. The summed E-state index contributed by atoms with van der Waals surface area (Å²) in [5.74, 6) is -0.282. The van der Waals surface area contributed by atoms with Crippen LogP contribution < -0.4 is 11.1 Å². The number of hydrogen-bond acceptors (Lipinski definition) is 2. The van der Waals surface area contributed by atoms with Crippen LogP contribution in [0, 0.1) is 0 Å². The second-order valence-corrected chi connectivity index (χ2v) is 5.26. The molecule has 1 unspecified atom stereocenters. The molecule has 6 heteroatoms. The summed E-state index contributed by atoms with van der Waals surface area (Å²) in [5, 5.41) is 3.13. The fraction of sp³-hybridized carbons (Fsp3) is 0.273. The van der Waals surface area contributed by atoms with Crippen LogP contribution in [0.25, 0.3) is 0 Å². The summed E-state index contributed by atoms with van der Waals surface area (Å²) in [5.41, 5.74) is 5.91. The van der Waals surface area contributed by atoms with E-state index in [0.29, 0.717) is 17.0 Å². The van der Waals surface area contributed by atoms with Gasteiger partial charge in [-0.15, -0.1) is 0 Å². The third kappa shape index (κ3) is 3.94. The van der Waals surface area contributed by atoms with Gasteiger partial charge >= 0.3 is 0 Å². The Morgan fingerprint density at radius 3 is 2.82 bits per heavy atom. The quantitative estimate of drug-likeness (QED) is 0.832. The predicted octanol–water partition coefficient (Wildman–Crippen LogP) is 2.90. The minimum Gasteiger partial charge on any atom is -0.392 e. The van der Waals surface area contributed by atoms with Gasteiger partial charge in [-0.1, -0.05) is 46.7 Å². The number of hydrogen-bond donors (Lipinski definition) is 2. The van der Waals surface area contributed by atoms with E-state index in [9.17, 15) is 4.79 Å². The molecule has 1 aromatic rings. The molecular formula is C11H12BrClN2OS. The zero-order valence-corrected chi connectivity index (χ0v) is 12.3. The average molecular weight is 336 g/mol. The zero-order chi connectivity index (χ0) is 13.0. The molecule has 0 saturated carbocycles. The number of rotatable bonds is 4. The molecule has 0 aliphatic carbocycles. The molecule has 0 fully saturated rings. The Morgan fingerprint density at radius 2 is 2.29 bits per heavy atom. The van der Waals surface area contributed by atoms with Crippen molar-refractivity contribution in [3.8, 4) is 0 Å². The van der Waals surface area contributed by atoms with E-state index in [1.165, 1.54) is 0 Å². The van der Waals surface area contributed by atoms with E-state index >= 15 is 0 Å². The number of nitrogens with two attached hydrogens (primary N) is 1. The Bertz CT molecular complexity index is 453. The van der Waals surface area contributed by atoms with Gasteiger partial charge in [0.15, 0.2) is 0 Å². The van der Waals surface area contributed by atoms with Crippen LogP contribution in [0.5, 0.6) is 0 Å². The van der Waals surface area contributed by atoms with Crippen molar-refractivity contribution in [1.29, 1.82) is 0 Å². The Hall–Kier alpha value is -0.650. The van der Waals surface area contributed by atoms with Crippen LogP contribution in [0.3, 0.4) is 0 Å². The summed E-state index contributed by atoms with van der Waals surface area (Å²) in [6.07, 6.45) is 0.646. The lowest BCUT2D eigenvalue weighted by atomic mass is 10.1. The van der Waals surface area contributed by atoms with Gasteiger partial charge in [-0.05, 0) is 24.6 Å². The van der Waals surface area contributed by atoms with Crippen LogP contribution in [0.2, 0.25) is 5.02 Å². The fourth-order valence-corrected chi connectivity index (χ4v) is 2.07. The van der Waals surface area contributed by atoms with Gasteiger partial charge in [-0.25, -0.2) is 0 Å². The van der Waals surface area contributed by atoms with Crippen LogP contribution >= 0.6 is 39.7 Å². The molecule has 17 heavy (non-hydrogen) atoms. The highest BCUT2D eigenvalue weighted by atomic mass is 79.9. The summed E-state index contributed by atoms with van der Waals surface area (Å²) in [6.45, 7) is 1.90. The third-order valence-corrected chi connectivity index (χ3v) is 3.34. The number of amides is 1. The van der Waals surface area contributed by atoms with E-state index in [-0.39, 0.29) is 16.9 Å². The molecule has 0 saturated heterocycles. The van der Waals surface area contributed by atoms with Crippen molar-refractivity contribution >= 4 is 50.6 Å². The van der Waals surface area contributed by atoms with E-state index in [2.05, 4.69) is 21.2 Å². The molecule has 0 bridgehead atoms. The lowest BCUT2D eigenvalue weighted by Gasteiger charge is -2.15. The minimum atomic E-state index is -0.312. The molecule has 0 aromatic heterocycles. The Balaban J connectivity index is 2.89. The zero-order valence-electron chi connectivity index (χ0n) is 9.17. The molecule has 0 radical (unpaired) electrons. The van der Waals surface area contributed by atoms with Gasteiger partial charge in [-0.2, -0.15) is 0 Å². The van der Waals surface area contributed by atoms with Gasteiger partial charge in [0.05, 0.1) is 21.6 Å². The highest BCUT2D eigenvalue weighted by Crippen LogP contribution is 2.21. The number of benzene rings is 1. The normalized spacial score (nSPS) is 11.9. The number of carbonyl (C=O) groups is 1. The van der Waals surface area contributed by atoms with Gasteiger partial charge in [0.2, 0.25) is 0 Å². The van der Waals surface area contributed by atoms with Crippen molar-refractivity contribution in [3.05, 3.63) is 33.3 Å². The Morgan fingerprint density at radius 1 is 1.65 bits per heavy atom. The molecule has 1 rings (SSSR count). The third-order valence-electron chi connectivity index (χ3n) is 2.23. The summed E-state index contributed by atoms with van der Waals surface area (Å²) in [4.78, 5) is 12.2. The summed E-state index contributed by atoms with van der Waals surface area (Å²) >= 11 is 14.1. The van der Waals surface area contributed by atoms with Crippen LogP contribution in [-0.4, -0.2) is 16.9 Å². The molecule has 0 aliphatic heterocycles. The van der Waals surface area contributed by atoms with Crippen LogP contribution in [-0.2, 0) is 0 Å². The van der Waals surface area contributed by atoms with Crippen molar-refractivity contribution in [3.63, 3.8) is 0 Å². The van der Waals surface area contributed by atoms with Crippen LogP contribution in [0.4, 0.5) is 0 Å². The van der Waals surface area contributed by atoms with Crippen molar-refractivity contribution in [1.82, 2.24) is 5.32 Å². The van der Waals surface area contributed by atoms with Crippen LogP contribution in [0.15, 0.2) is 22.7 Å². The lowest BCUT2D eigenvalue weighted by molar-refractivity contribution is 0.0946. The van der Waals surface area contributed by atoms with Crippen LogP contribution in [0.1, 0.15) is 23.7 Å². The fourth-order valence-electron chi connectivity index (χ4n) is 1.28. The minimum absolute atomic E-state index is 0.270. The molecule has 0 spiro atoms. The molecule has 0 aliphatic rings. The summed E-state index contributed by atoms with van der Waals surface area (Å²) < 4.78 is 0.787. The molecular weight excluding hydrogens is 324 g/mol. The molecule has 3 N–H and O–H groups in total. The van der Waals surface area contributed by atoms with E-state index in [0.717, 1.165) is 4.47 Å². The molecule has 0 heterocycles. The van der Waals surface area contributed by atoms with Gasteiger partial charge in [-0.3, -0.25) is 4.79 Å². The Labute approximate surface area is 119 Å². The molecule has 92 valence electrons. The molecule has 1 aromatic carbocycles. The van der Waals surface area contributed by atoms with E-state index in [1.807, 2.05) is 6.92 Å². The number of halogens is 2. The monoisotopic (exact) mass is 334 g/mol. The average Bonchev–Trinajstić information content (AvgIpc) is 2.28. The second-order valence-electron chi connectivity index (χ2n) is 3.46. The molecule has 3 nitrogen and oxygen atoms in total. The SMILES string of the molecule is CCC(NC(=O)c1cc(Br)ccc1Cl)C(N)=S. The smallest absolute Gasteiger partial charge is 0.253 e. The predicted molar refractivity (Wildman–Crippen MR) is 77.5 cm³/mol. The number of nitrogens with one attached hydrogen (secondary N) is 1. The Kier molecular flexibility index (Phi) is 5.36. The summed E-state index contributed by atoms with van der Waals surface area (Å²) in [7, 11) is 0. The first-order valence-electron chi connectivity index (χ1n) is 5.01. The van der Waals surface area contributed by atoms with Gasteiger partial charge in [0, 0.05) is 4.47 Å². The number of carbonyl (C=O) groups excluding carboxylic acids is 1. The first-order valence-corrected chi connectivity index (χ1v) is 6.58. The maximum absolute atomic E-state index is 12.0. The van der Waals surface area contributed by atoms with E-state index in [4.69, 9.17) is 29.6 Å². The van der Waals surface area contributed by atoms with Gasteiger partial charge in [0.25, 0.3) is 5.91 Å². The van der Waals surface area contributed by atoms with Crippen molar-refractivity contribution in [2.24, 2.45) is 5.73 Å². The molecule has 1 atom stereocenters. The van der Waals surface area contributed by atoms with Crippen molar-refractivity contribution < 1.29 is 4.79 Å². The second kappa shape index (κ2) is 6.33. The maximum Gasteiger partial charge on any atom is 0.253 e.